The molecule has 1 amide bonds. The largest absolute Gasteiger partial charge is 0.489 e. The van der Waals surface area contributed by atoms with E-state index >= 15 is 0 Å². The normalized spacial score (nSPS) is 10.4. The molecule has 26 heavy (non-hydrogen) atoms. The molecule has 0 saturated carbocycles. The van der Waals surface area contributed by atoms with Crippen LogP contribution in [-0.4, -0.2) is 17.9 Å². The summed E-state index contributed by atoms with van der Waals surface area (Å²) in [6, 6.07) is 24.7. The van der Waals surface area contributed by atoms with Crippen molar-refractivity contribution in [2.45, 2.75) is 13.2 Å². The van der Waals surface area contributed by atoms with Crippen LogP contribution in [-0.2, 0) is 13.2 Å². The van der Waals surface area contributed by atoms with Gasteiger partial charge in [-0.3, -0.25) is 4.79 Å². The highest BCUT2D eigenvalue weighted by Gasteiger charge is 2.13. The molecule has 0 fully saturated rings. The molecule has 0 aliphatic rings. The lowest BCUT2D eigenvalue weighted by Crippen LogP contribution is -2.26. The van der Waals surface area contributed by atoms with Crippen molar-refractivity contribution in [3.63, 3.8) is 0 Å². The average Bonchev–Trinajstić information content (AvgIpc) is 2.68. The first-order valence-corrected chi connectivity index (χ1v) is 8.77. The molecule has 0 bridgehead atoms. The minimum Gasteiger partial charge on any atom is -0.489 e. The van der Waals surface area contributed by atoms with Crippen molar-refractivity contribution in [3.05, 3.63) is 101 Å². The molecular weight excluding hydrogens is 346 g/mol. The van der Waals surface area contributed by atoms with Crippen molar-refractivity contribution in [1.29, 1.82) is 0 Å². The standard InChI is InChI=1S/C22H20ClNO2/c1-24(15-17-8-3-2-4-9-17)22(25)18-11-7-12-20(14-18)26-16-19-10-5-6-13-21(19)23/h2-14H,15-16H2,1H3. The van der Waals surface area contributed by atoms with Crippen LogP contribution in [0.4, 0.5) is 0 Å². The highest BCUT2D eigenvalue weighted by molar-refractivity contribution is 6.31. The maximum absolute atomic E-state index is 12.7. The Kier molecular flexibility index (Phi) is 5.92. The zero-order valence-electron chi connectivity index (χ0n) is 14.6. The fourth-order valence-electron chi connectivity index (χ4n) is 2.64. The number of hydrogen-bond acceptors (Lipinski definition) is 2. The first-order chi connectivity index (χ1) is 12.6. The van der Waals surface area contributed by atoms with Gasteiger partial charge in [-0.25, -0.2) is 0 Å². The maximum Gasteiger partial charge on any atom is 0.254 e. The number of halogens is 1. The van der Waals surface area contributed by atoms with Crippen LogP contribution in [0.5, 0.6) is 5.75 Å². The third-order valence-electron chi connectivity index (χ3n) is 4.04. The molecule has 0 saturated heterocycles. The maximum atomic E-state index is 12.7. The van der Waals surface area contributed by atoms with Gasteiger partial charge in [0.15, 0.2) is 0 Å². The number of ether oxygens (including phenoxy) is 1. The molecule has 3 nitrogen and oxygen atoms in total. The van der Waals surface area contributed by atoms with E-state index in [9.17, 15) is 4.79 Å². The van der Waals surface area contributed by atoms with Gasteiger partial charge in [0.05, 0.1) is 0 Å². The molecule has 0 aliphatic heterocycles. The Bertz CT molecular complexity index is 880. The van der Waals surface area contributed by atoms with Gasteiger partial charge in [0, 0.05) is 29.7 Å². The van der Waals surface area contributed by atoms with Gasteiger partial charge < -0.3 is 9.64 Å². The number of rotatable bonds is 6. The molecule has 0 unspecified atom stereocenters. The van der Waals surface area contributed by atoms with Gasteiger partial charge in [-0.2, -0.15) is 0 Å². The Labute approximate surface area is 158 Å². The van der Waals surface area contributed by atoms with E-state index in [0.717, 1.165) is 11.1 Å². The van der Waals surface area contributed by atoms with Crippen molar-refractivity contribution in [3.8, 4) is 5.75 Å². The van der Waals surface area contributed by atoms with Crippen molar-refractivity contribution < 1.29 is 9.53 Å². The van der Waals surface area contributed by atoms with Gasteiger partial charge in [0.25, 0.3) is 5.91 Å². The topological polar surface area (TPSA) is 29.5 Å². The zero-order chi connectivity index (χ0) is 18.4. The predicted molar refractivity (Wildman–Crippen MR) is 104 cm³/mol. The second-order valence-electron chi connectivity index (χ2n) is 6.05. The number of carbonyl (C=O) groups is 1. The molecule has 132 valence electrons. The van der Waals surface area contributed by atoms with Crippen LogP contribution in [0.2, 0.25) is 5.02 Å². The first kappa shape index (κ1) is 18.0. The Hall–Kier alpha value is -2.78. The number of amides is 1. The highest BCUT2D eigenvalue weighted by atomic mass is 35.5. The molecule has 0 heterocycles. The van der Waals surface area contributed by atoms with Gasteiger partial charge in [-0.15, -0.1) is 0 Å². The van der Waals surface area contributed by atoms with Crippen molar-refractivity contribution >= 4 is 17.5 Å². The van der Waals surface area contributed by atoms with Crippen LogP contribution in [0.15, 0.2) is 78.9 Å². The zero-order valence-corrected chi connectivity index (χ0v) is 15.3. The van der Waals surface area contributed by atoms with E-state index in [-0.39, 0.29) is 5.91 Å². The Balaban J connectivity index is 1.66. The smallest absolute Gasteiger partial charge is 0.254 e. The fraction of sp³-hybridized carbons (Fsp3) is 0.136. The van der Waals surface area contributed by atoms with Crippen molar-refractivity contribution in [2.75, 3.05) is 7.05 Å². The van der Waals surface area contributed by atoms with Crippen LogP contribution in [0.1, 0.15) is 21.5 Å². The van der Waals surface area contributed by atoms with Gasteiger partial charge >= 0.3 is 0 Å². The first-order valence-electron chi connectivity index (χ1n) is 8.39. The van der Waals surface area contributed by atoms with Gasteiger partial charge in [-0.1, -0.05) is 66.2 Å². The summed E-state index contributed by atoms with van der Waals surface area (Å²) in [5.41, 5.74) is 2.60. The summed E-state index contributed by atoms with van der Waals surface area (Å²) in [4.78, 5) is 14.4. The minimum atomic E-state index is -0.0444. The van der Waals surface area contributed by atoms with Crippen LogP contribution < -0.4 is 4.74 Å². The molecule has 3 rings (SSSR count). The summed E-state index contributed by atoms with van der Waals surface area (Å²) in [5, 5.41) is 0.669. The third kappa shape index (κ3) is 4.64. The molecular formula is C22H20ClNO2. The van der Waals surface area contributed by atoms with Crippen molar-refractivity contribution in [2.24, 2.45) is 0 Å². The summed E-state index contributed by atoms with van der Waals surface area (Å²) in [7, 11) is 1.80. The molecule has 3 aromatic rings. The fourth-order valence-corrected chi connectivity index (χ4v) is 2.84. The molecule has 0 spiro atoms. The Morgan fingerprint density at radius 3 is 2.46 bits per heavy atom. The van der Waals surface area contributed by atoms with E-state index in [0.29, 0.717) is 29.5 Å². The van der Waals surface area contributed by atoms with Crippen LogP contribution >= 0.6 is 11.6 Å². The van der Waals surface area contributed by atoms with Gasteiger partial charge in [0.2, 0.25) is 0 Å². The summed E-state index contributed by atoms with van der Waals surface area (Å²) in [6.07, 6.45) is 0. The van der Waals surface area contributed by atoms with Crippen molar-refractivity contribution in [1.82, 2.24) is 4.90 Å². The van der Waals surface area contributed by atoms with E-state index in [1.54, 1.807) is 24.1 Å². The molecule has 0 aliphatic carbocycles. The monoisotopic (exact) mass is 365 g/mol. The lowest BCUT2D eigenvalue weighted by molar-refractivity contribution is 0.0784. The quantitative estimate of drug-likeness (QED) is 0.601. The van der Waals surface area contributed by atoms with E-state index in [4.69, 9.17) is 16.3 Å². The number of nitrogens with zero attached hydrogens (tertiary/aromatic N) is 1. The average molecular weight is 366 g/mol. The molecule has 0 radical (unpaired) electrons. The van der Waals surface area contributed by atoms with E-state index < -0.39 is 0 Å². The predicted octanol–water partition coefficient (Wildman–Crippen LogP) is 5.19. The van der Waals surface area contributed by atoms with Gasteiger partial charge in [-0.05, 0) is 29.8 Å². The summed E-state index contributed by atoms with van der Waals surface area (Å²) < 4.78 is 5.81. The Morgan fingerprint density at radius 1 is 0.962 bits per heavy atom. The minimum absolute atomic E-state index is 0.0444. The van der Waals surface area contributed by atoms with E-state index in [1.165, 1.54) is 0 Å². The lowest BCUT2D eigenvalue weighted by atomic mass is 10.1. The molecule has 0 aromatic heterocycles. The lowest BCUT2D eigenvalue weighted by Gasteiger charge is -2.18. The SMILES string of the molecule is CN(Cc1ccccc1)C(=O)c1cccc(OCc2ccccc2Cl)c1. The molecule has 0 N–H and O–H groups in total. The van der Waals surface area contributed by atoms with E-state index in [2.05, 4.69) is 0 Å². The second kappa shape index (κ2) is 8.54. The van der Waals surface area contributed by atoms with Gasteiger partial charge in [0.1, 0.15) is 12.4 Å². The van der Waals surface area contributed by atoms with E-state index in [1.807, 2.05) is 66.7 Å². The van der Waals surface area contributed by atoms with Crippen LogP contribution in [0.3, 0.4) is 0 Å². The molecule has 4 heteroatoms. The van der Waals surface area contributed by atoms with Crippen LogP contribution in [0.25, 0.3) is 0 Å². The summed E-state index contributed by atoms with van der Waals surface area (Å²) in [6.45, 7) is 0.918. The summed E-state index contributed by atoms with van der Waals surface area (Å²) in [5.74, 6) is 0.598. The summed E-state index contributed by atoms with van der Waals surface area (Å²) >= 11 is 6.15. The number of benzene rings is 3. The Morgan fingerprint density at radius 2 is 1.69 bits per heavy atom. The highest BCUT2D eigenvalue weighted by Crippen LogP contribution is 2.20. The third-order valence-corrected chi connectivity index (χ3v) is 4.41. The number of carbonyl (C=O) groups excluding carboxylic acids is 1. The second-order valence-corrected chi connectivity index (χ2v) is 6.46. The molecule has 0 atom stereocenters. The van der Waals surface area contributed by atoms with Crippen LogP contribution in [0, 0.1) is 0 Å². The molecule has 3 aromatic carbocycles. The number of hydrogen-bond donors (Lipinski definition) is 0.